The van der Waals surface area contributed by atoms with Crippen LogP contribution in [0.25, 0.3) is 0 Å². The first-order valence-corrected chi connectivity index (χ1v) is 9.79. The van der Waals surface area contributed by atoms with E-state index in [1.165, 1.54) is 12.5 Å². The minimum atomic E-state index is -1.43. The van der Waals surface area contributed by atoms with Crippen LogP contribution in [0, 0.1) is 0 Å². The molecule has 0 aliphatic carbocycles. The van der Waals surface area contributed by atoms with E-state index in [1.54, 1.807) is 0 Å². The number of imidazole rings is 1. The van der Waals surface area contributed by atoms with Gasteiger partial charge < -0.3 is 36.5 Å². The summed E-state index contributed by atoms with van der Waals surface area (Å²) >= 11 is 0. The molecule has 170 valence electrons. The summed E-state index contributed by atoms with van der Waals surface area (Å²) in [7, 11) is 0. The number of nitrogens with one attached hydrogen (secondary N) is 5. The molecule has 13 heteroatoms. The summed E-state index contributed by atoms with van der Waals surface area (Å²) in [6.07, 6.45) is 3.59. The van der Waals surface area contributed by atoms with E-state index in [2.05, 4.69) is 31.2 Å². The van der Waals surface area contributed by atoms with Gasteiger partial charge in [0, 0.05) is 24.7 Å². The number of carboxylic acid groups (broad SMARTS) is 2. The van der Waals surface area contributed by atoms with Crippen molar-refractivity contribution in [1.29, 1.82) is 0 Å². The van der Waals surface area contributed by atoms with E-state index in [0.29, 0.717) is 12.1 Å². The number of rotatable bonds is 12. The van der Waals surface area contributed by atoms with Gasteiger partial charge in [-0.25, -0.2) is 9.78 Å². The Bertz CT molecular complexity index is 791. The maximum Gasteiger partial charge on any atom is 0.326 e. The number of aromatic amines is 1. The van der Waals surface area contributed by atoms with Gasteiger partial charge in [0.2, 0.25) is 17.7 Å². The molecule has 0 bridgehead atoms. The molecule has 0 aromatic carbocycles. The molecular formula is C18H26N6O7. The topological polar surface area (TPSA) is 203 Å². The van der Waals surface area contributed by atoms with Gasteiger partial charge in [-0.3, -0.25) is 19.2 Å². The number of amides is 3. The highest BCUT2D eigenvalue weighted by Gasteiger charge is 2.28. The zero-order valence-electron chi connectivity index (χ0n) is 16.7. The van der Waals surface area contributed by atoms with E-state index in [4.69, 9.17) is 5.11 Å². The maximum atomic E-state index is 12.6. The normalized spacial score (nSPS) is 17.4. The quantitative estimate of drug-likeness (QED) is 0.188. The zero-order valence-corrected chi connectivity index (χ0v) is 16.7. The molecular weight excluding hydrogens is 412 g/mol. The van der Waals surface area contributed by atoms with Crippen LogP contribution in [0.15, 0.2) is 12.5 Å². The highest BCUT2D eigenvalue weighted by Crippen LogP contribution is 2.05. The fraction of sp³-hybridized carbons (Fsp3) is 0.556. The first-order chi connectivity index (χ1) is 14.8. The molecule has 0 radical (unpaired) electrons. The SMILES string of the molecule is O=C(O)CCC(NC(=O)C(Cc1cnc[nH]1)NC(=O)CNC(=O)C1CCCN1)C(=O)O. The molecule has 0 saturated carbocycles. The number of aromatic nitrogens is 2. The molecule has 1 fully saturated rings. The highest BCUT2D eigenvalue weighted by atomic mass is 16.4. The monoisotopic (exact) mass is 438 g/mol. The molecule has 13 nitrogen and oxygen atoms in total. The van der Waals surface area contributed by atoms with Gasteiger partial charge in [0.05, 0.1) is 18.9 Å². The van der Waals surface area contributed by atoms with Crippen molar-refractivity contribution in [2.75, 3.05) is 13.1 Å². The minimum absolute atomic E-state index is 0.0129. The standard InChI is InChI=1S/C18H26N6O7/c25-14(8-21-16(28)11-2-1-5-20-11)23-13(6-10-7-19-9-22-10)17(29)24-12(18(30)31)3-4-15(26)27/h7,9,11-13,20H,1-6,8H2,(H,19,22)(H,21,28)(H,23,25)(H,24,29)(H,26,27)(H,30,31). The average Bonchev–Trinajstić information content (AvgIpc) is 3.42. The van der Waals surface area contributed by atoms with Gasteiger partial charge in [0.15, 0.2) is 0 Å². The molecule has 7 N–H and O–H groups in total. The third-order valence-electron chi connectivity index (χ3n) is 4.69. The third-order valence-corrected chi connectivity index (χ3v) is 4.69. The summed E-state index contributed by atoms with van der Waals surface area (Å²) in [4.78, 5) is 65.6. The minimum Gasteiger partial charge on any atom is -0.481 e. The number of carbonyl (C=O) groups excluding carboxylic acids is 3. The van der Waals surface area contributed by atoms with Crippen molar-refractivity contribution in [3.63, 3.8) is 0 Å². The number of hydrogen-bond acceptors (Lipinski definition) is 7. The van der Waals surface area contributed by atoms with Crippen LogP contribution >= 0.6 is 0 Å². The number of H-pyrrole nitrogens is 1. The van der Waals surface area contributed by atoms with Crippen LogP contribution in [0.5, 0.6) is 0 Å². The van der Waals surface area contributed by atoms with Gasteiger partial charge in [0.25, 0.3) is 0 Å². The molecule has 1 aliphatic heterocycles. The van der Waals surface area contributed by atoms with Gasteiger partial charge in [-0.1, -0.05) is 0 Å². The lowest BCUT2D eigenvalue weighted by Gasteiger charge is -2.21. The second-order valence-corrected chi connectivity index (χ2v) is 7.10. The van der Waals surface area contributed by atoms with Crippen molar-refractivity contribution in [1.82, 2.24) is 31.2 Å². The van der Waals surface area contributed by atoms with Gasteiger partial charge in [0.1, 0.15) is 12.1 Å². The lowest BCUT2D eigenvalue weighted by molar-refractivity contribution is -0.143. The second-order valence-electron chi connectivity index (χ2n) is 7.10. The maximum absolute atomic E-state index is 12.6. The number of carboxylic acids is 2. The van der Waals surface area contributed by atoms with E-state index in [9.17, 15) is 29.1 Å². The predicted octanol–water partition coefficient (Wildman–Crippen LogP) is -2.26. The molecule has 3 amide bonds. The summed E-state index contributed by atoms with van der Waals surface area (Å²) in [5, 5.41) is 28.2. The Morgan fingerprint density at radius 2 is 1.94 bits per heavy atom. The Kier molecular flexibility index (Phi) is 8.94. The molecule has 2 heterocycles. The van der Waals surface area contributed by atoms with Crippen molar-refractivity contribution in [2.24, 2.45) is 0 Å². The Balaban J connectivity index is 1.97. The van der Waals surface area contributed by atoms with Crippen LogP contribution in [0.1, 0.15) is 31.4 Å². The molecule has 3 atom stereocenters. The van der Waals surface area contributed by atoms with Crippen molar-refractivity contribution in [3.05, 3.63) is 18.2 Å². The highest BCUT2D eigenvalue weighted by molar-refractivity contribution is 5.92. The van der Waals surface area contributed by atoms with Crippen LogP contribution in [-0.2, 0) is 30.4 Å². The summed E-state index contributed by atoms with van der Waals surface area (Å²) < 4.78 is 0. The van der Waals surface area contributed by atoms with Crippen molar-refractivity contribution >= 4 is 29.7 Å². The first-order valence-electron chi connectivity index (χ1n) is 9.79. The number of carbonyl (C=O) groups is 5. The van der Waals surface area contributed by atoms with E-state index >= 15 is 0 Å². The Morgan fingerprint density at radius 1 is 1.16 bits per heavy atom. The summed E-state index contributed by atoms with van der Waals surface area (Å²) in [5.41, 5.74) is 0.511. The number of aliphatic carboxylic acids is 2. The van der Waals surface area contributed by atoms with Crippen LogP contribution in [-0.4, -0.2) is 81.1 Å². The van der Waals surface area contributed by atoms with Gasteiger partial charge in [-0.05, 0) is 25.8 Å². The van der Waals surface area contributed by atoms with Crippen molar-refractivity contribution in [3.8, 4) is 0 Å². The van der Waals surface area contributed by atoms with E-state index in [0.717, 1.165) is 13.0 Å². The molecule has 31 heavy (non-hydrogen) atoms. The smallest absolute Gasteiger partial charge is 0.326 e. The molecule has 1 aromatic rings. The predicted molar refractivity (Wildman–Crippen MR) is 105 cm³/mol. The van der Waals surface area contributed by atoms with Crippen molar-refractivity contribution < 1.29 is 34.2 Å². The fourth-order valence-corrected chi connectivity index (χ4v) is 3.07. The summed E-state index contributed by atoms with van der Waals surface area (Å²) in [5.74, 6) is -4.34. The van der Waals surface area contributed by atoms with Gasteiger partial charge in [-0.15, -0.1) is 0 Å². The van der Waals surface area contributed by atoms with Crippen LogP contribution < -0.4 is 21.3 Å². The number of hydrogen-bond donors (Lipinski definition) is 7. The Morgan fingerprint density at radius 3 is 2.52 bits per heavy atom. The molecule has 1 saturated heterocycles. The van der Waals surface area contributed by atoms with Crippen LogP contribution in [0.2, 0.25) is 0 Å². The van der Waals surface area contributed by atoms with Gasteiger partial charge in [-0.2, -0.15) is 0 Å². The zero-order chi connectivity index (χ0) is 22.8. The van der Waals surface area contributed by atoms with E-state index in [1.807, 2.05) is 0 Å². The number of nitrogens with zero attached hydrogens (tertiary/aromatic N) is 1. The lowest BCUT2D eigenvalue weighted by atomic mass is 10.1. The van der Waals surface area contributed by atoms with Crippen molar-refractivity contribution in [2.45, 2.75) is 50.2 Å². The lowest BCUT2D eigenvalue weighted by Crippen LogP contribution is -2.54. The molecule has 1 aromatic heterocycles. The fourth-order valence-electron chi connectivity index (χ4n) is 3.07. The second kappa shape index (κ2) is 11.6. The van der Waals surface area contributed by atoms with Crippen LogP contribution in [0.4, 0.5) is 0 Å². The molecule has 0 spiro atoms. The summed E-state index contributed by atoms with van der Waals surface area (Å²) in [6, 6.07) is -2.96. The van der Waals surface area contributed by atoms with Crippen LogP contribution in [0.3, 0.4) is 0 Å². The Labute approximate surface area is 177 Å². The molecule has 1 aliphatic rings. The summed E-state index contributed by atoms with van der Waals surface area (Å²) in [6.45, 7) is 0.370. The van der Waals surface area contributed by atoms with E-state index in [-0.39, 0.29) is 31.3 Å². The van der Waals surface area contributed by atoms with E-state index < -0.39 is 42.3 Å². The Hall–Kier alpha value is -3.48. The first kappa shape index (κ1) is 23.8. The molecule has 3 unspecified atom stereocenters. The average molecular weight is 438 g/mol. The van der Waals surface area contributed by atoms with Gasteiger partial charge >= 0.3 is 11.9 Å². The third kappa shape index (κ3) is 8.04. The largest absolute Gasteiger partial charge is 0.481 e. The molecule has 2 rings (SSSR count).